The van der Waals surface area contributed by atoms with Crippen LogP contribution in [0, 0.1) is 0 Å². The lowest BCUT2D eigenvalue weighted by Gasteiger charge is -2.41. The van der Waals surface area contributed by atoms with E-state index in [0.29, 0.717) is 32.5 Å². The van der Waals surface area contributed by atoms with Crippen LogP contribution in [-0.4, -0.2) is 74.1 Å². The van der Waals surface area contributed by atoms with Crippen LogP contribution < -0.4 is 14.8 Å². The molecule has 2 aliphatic rings. The van der Waals surface area contributed by atoms with Gasteiger partial charge in [-0.3, -0.25) is 9.59 Å². The van der Waals surface area contributed by atoms with Crippen LogP contribution in [0.25, 0.3) is 0 Å². The van der Waals surface area contributed by atoms with Crippen molar-refractivity contribution in [2.45, 2.75) is 31.7 Å². The summed E-state index contributed by atoms with van der Waals surface area (Å²) >= 11 is 0. The number of hydrogen-bond acceptors (Lipinski definition) is 5. The number of hydrogen-bond donors (Lipinski definition) is 1. The number of carbonyl (C=O) groups excluding carboxylic acids is 2. The number of nitrogens with one attached hydrogen (secondary N) is 1. The molecular weight excluding hydrogens is 346 g/mol. The molecule has 2 saturated heterocycles. The topological polar surface area (TPSA) is 71.1 Å². The fraction of sp³-hybridized carbons (Fsp3) is 0.600. The molecular formula is C20H29N3O4. The first kappa shape index (κ1) is 19.5. The van der Waals surface area contributed by atoms with Crippen LogP contribution in [-0.2, 0) is 9.59 Å². The van der Waals surface area contributed by atoms with Gasteiger partial charge in [-0.25, -0.2) is 0 Å². The highest BCUT2D eigenvalue weighted by atomic mass is 16.5. The second kappa shape index (κ2) is 9.60. The molecule has 1 aromatic carbocycles. The first-order chi connectivity index (χ1) is 13.2. The van der Waals surface area contributed by atoms with Crippen LogP contribution in [0.5, 0.6) is 11.5 Å². The number of benzene rings is 1. The molecule has 2 fully saturated rings. The normalized spacial score (nSPS) is 20.5. The Morgan fingerprint density at radius 3 is 2.74 bits per heavy atom. The molecule has 1 unspecified atom stereocenters. The molecule has 7 heteroatoms. The molecule has 2 amide bonds. The van der Waals surface area contributed by atoms with Gasteiger partial charge in [0.2, 0.25) is 11.8 Å². The summed E-state index contributed by atoms with van der Waals surface area (Å²) < 4.78 is 10.8. The van der Waals surface area contributed by atoms with Crippen LogP contribution in [0.4, 0.5) is 0 Å². The first-order valence-electron chi connectivity index (χ1n) is 9.72. The summed E-state index contributed by atoms with van der Waals surface area (Å²) in [6.07, 6.45) is 3.09. The molecule has 2 aliphatic heterocycles. The zero-order valence-electron chi connectivity index (χ0n) is 16.0. The summed E-state index contributed by atoms with van der Waals surface area (Å²) in [6.45, 7) is 3.93. The Morgan fingerprint density at radius 1 is 1.22 bits per heavy atom. The summed E-state index contributed by atoms with van der Waals surface area (Å²) in [6, 6.07) is 7.59. The highest BCUT2D eigenvalue weighted by Gasteiger charge is 2.31. The highest BCUT2D eigenvalue weighted by molar-refractivity contribution is 5.80. The van der Waals surface area contributed by atoms with Crippen molar-refractivity contribution in [3.63, 3.8) is 0 Å². The number of piperazine rings is 1. The number of amides is 2. The lowest BCUT2D eigenvalue weighted by molar-refractivity contribution is -0.140. The van der Waals surface area contributed by atoms with Gasteiger partial charge < -0.3 is 24.6 Å². The molecule has 1 N–H and O–H groups in total. The molecule has 148 valence electrons. The van der Waals surface area contributed by atoms with Crippen LogP contribution in [0.15, 0.2) is 24.3 Å². The molecule has 0 bridgehead atoms. The highest BCUT2D eigenvalue weighted by Crippen LogP contribution is 2.19. The Bertz CT molecular complexity index is 635. The quantitative estimate of drug-likeness (QED) is 0.727. The zero-order chi connectivity index (χ0) is 19.1. The fourth-order valence-corrected chi connectivity index (χ4v) is 3.69. The molecule has 27 heavy (non-hydrogen) atoms. The maximum atomic E-state index is 12.5. The van der Waals surface area contributed by atoms with E-state index in [0.717, 1.165) is 44.0 Å². The van der Waals surface area contributed by atoms with Crippen molar-refractivity contribution in [1.82, 2.24) is 15.1 Å². The summed E-state index contributed by atoms with van der Waals surface area (Å²) in [4.78, 5) is 28.5. The van der Waals surface area contributed by atoms with E-state index in [1.54, 1.807) is 7.11 Å². The van der Waals surface area contributed by atoms with Crippen LogP contribution >= 0.6 is 0 Å². The van der Waals surface area contributed by atoms with E-state index < -0.39 is 0 Å². The Kier molecular flexibility index (Phi) is 6.92. The number of rotatable bonds is 7. The van der Waals surface area contributed by atoms with E-state index >= 15 is 0 Å². The molecule has 0 radical (unpaired) electrons. The lowest BCUT2D eigenvalue weighted by atomic mass is 10.0. The van der Waals surface area contributed by atoms with Gasteiger partial charge in [0, 0.05) is 38.6 Å². The Morgan fingerprint density at radius 2 is 2.00 bits per heavy atom. The molecule has 2 heterocycles. The van der Waals surface area contributed by atoms with Gasteiger partial charge in [0.15, 0.2) is 0 Å². The van der Waals surface area contributed by atoms with E-state index in [1.165, 1.54) is 0 Å². The number of nitrogens with zero attached hydrogens (tertiary/aromatic N) is 2. The monoisotopic (exact) mass is 375 g/mol. The standard InChI is InChI=1S/C20H29N3O4/c1-26-17-6-8-18(9-7-17)27-13-3-5-19(24)22-11-2-4-16(15-22)23-12-10-21-14-20(23)25/h6-9,16,21H,2-5,10-15H2,1H3. The third kappa shape index (κ3) is 5.35. The van der Waals surface area contributed by atoms with Crippen molar-refractivity contribution < 1.29 is 19.1 Å². The Labute approximate surface area is 160 Å². The molecule has 0 saturated carbocycles. The number of carbonyl (C=O) groups is 2. The average Bonchev–Trinajstić information content (AvgIpc) is 2.72. The van der Waals surface area contributed by atoms with Gasteiger partial charge in [-0.05, 0) is 43.5 Å². The van der Waals surface area contributed by atoms with Crippen LogP contribution in [0.3, 0.4) is 0 Å². The second-order valence-electron chi connectivity index (χ2n) is 7.03. The number of ether oxygens (including phenoxy) is 2. The summed E-state index contributed by atoms with van der Waals surface area (Å²) in [7, 11) is 1.63. The van der Waals surface area contributed by atoms with Gasteiger partial charge in [0.1, 0.15) is 11.5 Å². The van der Waals surface area contributed by atoms with E-state index in [4.69, 9.17) is 9.47 Å². The molecule has 0 spiro atoms. The summed E-state index contributed by atoms with van der Waals surface area (Å²) in [5.41, 5.74) is 0. The van der Waals surface area contributed by atoms with Gasteiger partial charge in [0.05, 0.1) is 20.3 Å². The largest absolute Gasteiger partial charge is 0.497 e. The van der Waals surface area contributed by atoms with E-state index in [1.807, 2.05) is 34.1 Å². The molecule has 3 rings (SSSR count). The van der Waals surface area contributed by atoms with Crippen molar-refractivity contribution >= 4 is 11.8 Å². The minimum atomic E-state index is 0.147. The zero-order valence-corrected chi connectivity index (χ0v) is 16.0. The molecule has 0 aromatic heterocycles. The second-order valence-corrected chi connectivity index (χ2v) is 7.03. The minimum absolute atomic E-state index is 0.147. The summed E-state index contributed by atoms with van der Waals surface area (Å²) in [5, 5.41) is 3.10. The third-order valence-electron chi connectivity index (χ3n) is 5.18. The predicted molar refractivity (Wildman–Crippen MR) is 102 cm³/mol. The van der Waals surface area contributed by atoms with Gasteiger partial charge in [0.25, 0.3) is 0 Å². The van der Waals surface area contributed by atoms with Gasteiger partial charge >= 0.3 is 0 Å². The molecule has 1 atom stereocenters. The first-order valence-corrected chi connectivity index (χ1v) is 9.72. The molecule has 0 aliphatic carbocycles. The summed E-state index contributed by atoms with van der Waals surface area (Å²) in [5.74, 6) is 1.87. The number of methoxy groups -OCH3 is 1. The SMILES string of the molecule is COc1ccc(OCCCC(=O)N2CCCC(N3CCNCC3=O)C2)cc1. The van der Waals surface area contributed by atoms with Crippen LogP contribution in [0.2, 0.25) is 0 Å². The maximum Gasteiger partial charge on any atom is 0.236 e. The van der Waals surface area contributed by atoms with Crippen molar-refractivity contribution in [3.8, 4) is 11.5 Å². The van der Waals surface area contributed by atoms with Crippen molar-refractivity contribution in [3.05, 3.63) is 24.3 Å². The van der Waals surface area contributed by atoms with Gasteiger partial charge in [-0.15, -0.1) is 0 Å². The lowest BCUT2D eigenvalue weighted by Crippen LogP contribution is -2.57. The van der Waals surface area contributed by atoms with E-state index in [9.17, 15) is 9.59 Å². The predicted octanol–water partition coefficient (Wildman–Crippen LogP) is 1.28. The smallest absolute Gasteiger partial charge is 0.236 e. The number of piperidine rings is 1. The van der Waals surface area contributed by atoms with Crippen molar-refractivity contribution in [2.75, 3.05) is 46.4 Å². The Balaban J connectivity index is 1.40. The Hall–Kier alpha value is -2.28. The van der Waals surface area contributed by atoms with Crippen molar-refractivity contribution in [2.24, 2.45) is 0 Å². The maximum absolute atomic E-state index is 12.5. The van der Waals surface area contributed by atoms with Gasteiger partial charge in [-0.1, -0.05) is 0 Å². The minimum Gasteiger partial charge on any atom is -0.497 e. The van der Waals surface area contributed by atoms with Crippen molar-refractivity contribution in [1.29, 1.82) is 0 Å². The van der Waals surface area contributed by atoms with Crippen LogP contribution in [0.1, 0.15) is 25.7 Å². The molecule has 7 nitrogen and oxygen atoms in total. The van der Waals surface area contributed by atoms with Gasteiger partial charge in [-0.2, -0.15) is 0 Å². The average molecular weight is 375 g/mol. The van der Waals surface area contributed by atoms with E-state index in [-0.39, 0.29) is 17.9 Å². The van der Waals surface area contributed by atoms with E-state index in [2.05, 4.69) is 5.32 Å². The molecule has 1 aromatic rings. The fourth-order valence-electron chi connectivity index (χ4n) is 3.69. The third-order valence-corrected chi connectivity index (χ3v) is 5.18. The number of likely N-dealkylation sites (tertiary alicyclic amines) is 1.